The average Bonchev–Trinajstić information content (AvgIpc) is 3.42. The van der Waals surface area contributed by atoms with Crippen molar-refractivity contribution in [3.63, 3.8) is 0 Å². The number of nitrogens with zero attached hydrogens (tertiary/aromatic N) is 4. The molecule has 1 amide bonds. The van der Waals surface area contributed by atoms with Gasteiger partial charge >= 0.3 is 0 Å². The number of carbonyl (C=O) groups is 1. The Labute approximate surface area is 193 Å². The van der Waals surface area contributed by atoms with Gasteiger partial charge in [0.2, 0.25) is 12.7 Å². The molecule has 0 saturated carbocycles. The van der Waals surface area contributed by atoms with Gasteiger partial charge in [0, 0.05) is 39.0 Å². The largest absolute Gasteiger partial charge is 0.454 e. The van der Waals surface area contributed by atoms with E-state index in [9.17, 15) is 4.79 Å². The van der Waals surface area contributed by atoms with Gasteiger partial charge in [0.25, 0.3) is 0 Å². The first-order valence-electron chi connectivity index (χ1n) is 11.5. The van der Waals surface area contributed by atoms with Crippen LogP contribution < -0.4 is 14.8 Å². The van der Waals surface area contributed by atoms with E-state index < -0.39 is 0 Å². The lowest BCUT2D eigenvalue weighted by Gasteiger charge is -2.20. The van der Waals surface area contributed by atoms with Crippen molar-refractivity contribution >= 4 is 5.91 Å². The third kappa shape index (κ3) is 5.01. The molecule has 0 aliphatic carbocycles. The van der Waals surface area contributed by atoms with E-state index in [1.165, 1.54) is 11.1 Å². The normalized spacial score (nSPS) is 16.2. The standard InChI is InChI=1S/C25H29N5O3/c1-18(26-24(31)10-8-19-5-3-2-4-6-19)25-28-27-23-11-12-29(13-14-30(23)25)16-20-7-9-21-22(15-20)33-17-32-21/h2-7,9,15,18H,8,10-14,16-17H2,1H3,(H,26,31). The van der Waals surface area contributed by atoms with Crippen LogP contribution in [0.25, 0.3) is 0 Å². The number of aryl methyl sites for hydroxylation is 1. The minimum atomic E-state index is -0.185. The SMILES string of the molecule is CC(NC(=O)CCc1ccccc1)c1nnc2n1CCN(Cc1ccc3c(c1)OCO3)CC2. The van der Waals surface area contributed by atoms with Crippen molar-refractivity contribution in [2.24, 2.45) is 0 Å². The van der Waals surface area contributed by atoms with Crippen molar-refractivity contribution in [3.05, 3.63) is 71.3 Å². The molecule has 8 nitrogen and oxygen atoms in total. The summed E-state index contributed by atoms with van der Waals surface area (Å²) in [4.78, 5) is 14.9. The maximum absolute atomic E-state index is 12.5. The molecule has 3 aromatic rings. The Morgan fingerprint density at radius 2 is 1.88 bits per heavy atom. The number of hydrogen-bond acceptors (Lipinski definition) is 6. The average molecular weight is 448 g/mol. The summed E-state index contributed by atoms with van der Waals surface area (Å²) in [6.07, 6.45) is 2.01. The van der Waals surface area contributed by atoms with Gasteiger partial charge in [-0.2, -0.15) is 0 Å². The predicted molar refractivity (Wildman–Crippen MR) is 123 cm³/mol. The molecule has 0 saturated heterocycles. The highest BCUT2D eigenvalue weighted by Crippen LogP contribution is 2.33. The lowest BCUT2D eigenvalue weighted by Crippen LogP contribution is -2.30. The molecule has 172 valence electrons. The van der Waals surface area contributed by atoms with E-state index >= 15 is 0 Å². The van der Waals surface area contributed by atoms with Crippen LogP contribution in [0.4, 0.5) is 0 Å². The zero-order valence-electron chi connectivity index (χ0n) is 18.9. The minimum Gasteiger partial charge on any atom is -0.454 e. The molecule has 1 unspecified atom stereocenters. The molecule has 2 aliphatic rings. The van der Waals surface area contributed by atoms with Crippen molar-refractivity contribution in [1.29, 1.82) is 0 Å². The molecule has 2 aromatic carbocycles. The van der Waals surface area contributed by atoms with Crippen LogP contribution in [0.15, 0.2) is 48.5 Å². The van der Waals surface area contributed by atoms with Crippen molar-refractivity contribution in [3.8, 4) is 11.5 Å². The molecule has 8 heteroatoms. The van der Waals surface area contributed by atoms with Crippen LogP contribution >= 0.6 is 0 Å². The maximum Gasteiger partial charge on any atom is 0.231 e. The number of ether oxygens (including phenoxy) is 2. The summed E-state index contributed by atoms with van der Waals surface area (Å²) in [6.45, 7) is 5.71. The van der Waals surface area contributed by atoms with E-state index in [1.807, 2.05) is 43.3 Å². The van der Waals surface area contributed by atoms with Gasteiger partial charge in [-0.3, -0.25) is 9.69 Å². The molecule has 0 fully saturated rings. The Balaban J connectivity index is 1.17. The highest BCUT2D eigenvalue weighted by atomic mass is 16.7. The van der Waals surface area contributed by atoms with Crippen LogP contribution in [-0.4, -0.2) is 45.5 Å². The molecular formula is C25H29N5O3. The van der Waals surface area contributed by atoms with Crippen molar-refractivity contribution < 1.29 is 14.3 Å². The Morgan fingerprint density at radius 1 is 1.03 bits per heavy atom. The minimum absolute atomic E-state index is 0.0294. The summed E-state index contributed by atoms with van der Waals surface area (Å²) in [6, 6.07) is 16.0. The van der Waals surface area contributed by atoms with Crippen LogP contribution in [0.5, 0.6) is 11.5 Å². The van der Waals surface area contributed by atoms with Gasteiger partial charge in [0.1, 0.15) is 5.82 Å². The van der Waals surface area contributed by atoms with Crippen molar-refractivity contribution in [2.45, 2.75) is 45.3 Å². The van der Waals surface area contributed by atoms with Gasteiger partial charge in [0.05, 0.1) is 6.04 Å². The highest BCUT2D eigenvalue weighted by Gasteiger charge is 2.23. The summed E-state index contributed by atoms with van der Waals surface area (Å²) in [5.41, 5.74) is 2.37. The Morgan fingerprint density at radius 3 is 2.76 bits per heavy atom. The second-order valence-corrected chi connectivity index (χ2v) is 8.61. The monoisotopic (exact) mass is 447 g/mol. The van der Waals surface area contributed by atoms with E-state index in [0.29, 0.717) is 13.2 Å². The molecule has 0 spiro atoms. The van der Waals surface area contributed by atoms with E-state index in [4.69, 9.17) is 9.47 Å². The van der Waals surface area contributed by atoms with Gasteiger partial charge in [-0.15, -0.1) is 10.2 Å². The zero-order chi connectivity index (χ0) is 22.6. The Hall–Kier alpha value is -3.39. The first-order valence-corrected chi connectivity index (χ1v) is 11.5. The van der Waals surface area contributed by atoms with Gasteiger partial charge in [-0.25, -0.2) is 0 Å². The zero-order valence-corrected chi connectivity index (χ0v) is 18.9. The maximum atomic E-state index is 12.5. The second kappa shape index (κ2) is 9.62. The fraction of sp³-hybridized carbons (Fsp3) is 0.400. The molecule has 1 atom stereocenters. The molecule has 33 heavy (non-hydrogen) atoms. The highest BCUT2D eigenvalue weighted by molar-refractivity contribution is 5.76. The number of rotatable bonds is 7. The van der Waals surface area contributed by atoms with Gasteiger partial charge in [-0.1, -0.05) is 36.4 Å². The number of benzene rings is 2. The Bertz CT molecular complexity index is 1110. The summed E-state index contributed by atoms with van der Waals surface area (Å²) >= 11 is 0. The molecule has 0 radical (unpaired) electrons. The quantitative estimate of drug-likeness (QED) is 0.600. The number of nitrogens with one attached hydrogen (secondary N) is 1. The summed E-state index contributed by atoms with van der Waals surface area (Å²) < 4.78 is 13.1. The number of carbonyl (C=O) groups excluding carboxylic acids is 1. The van der Waals surface area contributed by atoms with Gasteiger partial charge in [0.15, 0.2) is 17.3 Å². The topological polar surface area (TPSA) is 81.5 Å². The van der Waals surface area contributed by atoms with Crippen LogP contribution in [0.3, 0.4) is 0 Å². The third-order valence-corrected chi connectivity index (χ3v) is 6.24. The van der Waals surface area contributed by atoms with Gasteiger partial charge < -0.3 is 19.4 Å². The number of hydrogen-bond donors (Lipinski definition) is 1. The molecule has 0 bridgehead atoms. The molecule has 3 heterocycles. The first kappa shape index (κ1) is 21.5. The van der Waals surface area contributed by atoms with E-state index in [-0.39, 0.29) is 11.9 Å². The molecular weight excluding hydrogens is 418 g/mol. The third-order valence-electron chi connectivity index (χ3n) is 6.24. The second-order valence-electron chi connectivity index (χ2n) is 8.61. The number of fused-ring (bicyclic) bond motifs is 2. The Kier molecular flexibility index (Phi) is 6.26. The lowest BCUT2D eigenvalue weighted by molar-refractivity contribution is -0.121. The molecule has 2 aliphatic heterocycles. The van der Waals surface area contributed by atoms with Crippen molar-refractivity contribution in [1.82, 2.24) is 25.0 Å². The van der Waals surface area contributed by atoms with E-state index in [0.717, 1.165) is 62.2 Å². The summed E-state index contributed by atoms with van der Waals surface area (Å²) in [5, 5.41) is 11.9. The molecule has 1 N–H and O–H groups in total. The molecule has 5 rings (SSSR count). The van der Waals surface area contributed by atoms with Crippen LogP contribution in [0.1, 0.15) is 42.2 Å². The number of aromatic nitrogens is 3. The van der Waals surface area contributed by atoms with E-state index in [1.54, 1.807) is 0 Å². The van der Waals surface area contributed by atoms with Crippen LogP contribution in [0.2, 0.25) is 0 Å². The van der Waals surface area contributed by atoms with Gasteiger partial charge in [-0.05, 0) is 36.6 Å². The lowest BCUT2D eigenvalue weighted by atomic mass is 10.1. The smallest absolute Gasteiger partial charge is 0.231 e. The molecule has 1 aromatic heterocycles. The number of amides is 1. The van der Waals surface area contributed by atoms with Crippen LogP contribution in [-0.2, 0) is 30.7 Å². The van der Waals surface area contributed by atoms with Crippen molar-refractivity contribution in [2.75, 3.05) is 19.9 Å². The summed E-state index contributed by atoms with van der Waals surface area (Å²) in [5.74, 6) is 3.46. The van der Waals surface area contributed by atoms with Crippen LogP contribution in [0, 0.1) is 0 Å². The first-order chi connectivity index (χ1) is 16.2. The fourth-order valence-corrected chi connectivity index (χ4v) is 4.45. The fourth-order valence-electron chi connectivity index (χ4n) is 4.45. The summed E-state index contributed by atoms with van der Waals surface area (Å²) in [7, 11) is 0. The van der Waals surface area contributed by atoms with E-state index in [2.05, 4.69) is 37.1 Å². The predicted octanol–water partition coefficient (Wildman–Crippen LogP) is 2.88.